The standard InChI is InChI=1S/C30H31ClN2O2/c1-20-7-5-12-27-29(20)32-28(19-35-24-15-13-23(31)14-16-24)33(27)18-17-21(2)30(34)26-11-6-9-22-8-3-4-10-25(22)26/h3-5,7-8,10,12-16,21,26H,6,9,11,17-19H2,1-2H3. The number of benzene rings is 3. The Labute approximate surface area is 211 Å². The van der Waals surface area contributed by atoms with Crippen molar-refractivity contribution in [2.45, 2.75) is 58.6 Å². The first-order chi connectivity index (χ1) is 17.0. The molecule has 0 amide bonds. The number of hydrogen-bond acceptors (Lipinski definition) is 3. The van der Waals surface area contributed by atoms with Crippen molar-refractivity contribution >= 4 is 28.4 Å². The summed E-state index contributed by atoms with van der Waals surface area (Å²) in [5.74, 6) is 1.97. The van der Waals surface area contributed by atoms with Gasteiger partial charge in [0, 0.05) is 23.4 Å². The van der Waals surface area contributed by atoms with E-state index in [0.29, 0.717) is 17.4 Å². The normalized spacial score (nSPS) is 16.1. The number of para-hydroxylation sites is 1. The number of imidazole rings is 1. The van der Waals surface area contributed by atoms with Crippen molar-refractivity contribution in [3.8, 4) is 5.75 Å². The van der Waals surface area contributed by atoms with E-state index in [9.17, 15) is 4.79 Å². The van der Waals surface area contributed by atoms with E-state index in [2.05, 4.69) is 60.9 Å². The monoisotopic (exact) mass is 486 g/mol. The minimum atomic E-state index is -0.0292. The topological polar surface area (TPSA) is 44.1 Å². The molecular formula is C30H31ClN2O2. The number of fused-ring (bicyclic) bond motifs is 2. The average molecular weight is 487 g/mol. The molecule has 35 heavy (non-hydrogen) atoms. The molecule has 5 heteroatoms. The van der Waals surface area contributed by atoms with E-state index in [1.54, 1.807) is 0 Å². The van der Waals surface area contributed by atoms with Crippen molar-refractivity contribution in [2.24, 2.45) is 5.92 Å². The number of nitrogens with zero attached hydrogens (tertiary/aromatic N) is 2. The Morgan fingerprint density at radius 1 is 1.11 bits per heavy atom. The van der Waals surface area contributed by atoms with Gasteiger partial charge < -0.3 is 9.30 Å². The van der Waals surface area contributed by atoms with Gasteiger partial charge in [-0.2, -0.15) is 0 Å². The number of ether oxygens (including phenoxy) is 1. The van der Waals surface area contributed by atoms with Gasteiger partial charge >= 0.3 is 0 Å². The highest BCUT2D eigenvalue weighted by molar-refractivity contribution is 6.30. The largest absolute Gasteiger partial charge is 0.486 e. The number of ketones is 1. The van der Waals surface area contributed by atoms with Crippen LogP contribution in [0.3, 0.4) is 0 Å². The number of rotatable bonds is 8. The zero-order valence-corrected chi connectivity index (χ0v) is 21.1. The van der Waals surface area contributed by atoms with Crippen molar-refractivity contribution in [3.63, 3.8) is 0 Å². The molecule has 0 spiro atoms. The maximum absolute atomic E-state index is 13.5. The molecule has 2 unspecified atom stereocenters. The zero-order chi connectivity index (χ0) is 24.4. The van der Waals surface area contributed by atoms with Crippen LogP contribution in [0, 0.1) is 12.8 Å². The highest BCUT2D eigenvalue weighted by atomic mass is 35.5. The maximum Gasteiger partial charge on any atom is 0.148 e. The Morgan fingerprint density at radius 2 is 1.91 bits per heavy atom. The van der Waals surface area contributed by atoms with Crippen molar-refractivity contribution in [3.05, 3.63) is 94.3 Å². The lowest BCUT2D eigenvalue weighted by atomic mass is 9.77. The second-order valence-corrected chi connectivity index (χ2v) is 10.0. The maximum atomic E-state index is 13.5. The summed E-state index contributed by atoms with van der Waals surface area (Å²) in [6, 6.07) is 22.1. The van der Waals surface area contributed by atoms with Gasteiger partial charge in [0.05, 0.1) is 11.0 Å². The summed E-state index contributed by atoms with van der Waals surface area (Å²) in [4.78, 5) is 18.4. The van der Waals surface area contributed by atoms with E-state index in [1.807, 2.05) is 24.3 Å². The van der Waals surface area contributed by atoms with Gasteiger partial charge in [-0.3, -0.25) is 4.79 Å². The second kappa shape index (κ2) is 10.2. The molecule has 4 aromatic rings. The Morgan fingerprint density at radius 3 is 2.74 bits per heavy atom. The van der Waals surface area contributed by atoms with Crippen molar-refractivity contribution < 1.29 is 9.53 Å². The smallest absolute Gasteiger partial charge is 0.148 e. The second-order valence-electron chi connectivity index (χ2n) is 9.60. The molecule has 0 bridgehead atoms. The summed E-state index contributed by atoms with van der Waals surface area (Å²) >= 11 is 6.01. The number of halogens is 1. The number of hydrogen-bond donors (Lipinski definition) is 0. The van der Waals surface area contributed by atoms with Gasteiger partial charge in [-0.1, -0.05) is 54.9 Å². The fraction of sp³-hybridized carbons (Fsp3) is 0.333. The van der Waals surface area contributed by atoms with Crippen LogP contribution >= 0.6 is 11.6 Å². The fourth-order valence-electron chi connectivity index (χ4n) is 5.23. The van der Waals surface area contributed by atoms with Crippen LogP contribution in [0.15, 0.2) is 66.7 Å². The Bertz CT molecular complexity index is 1340. The van der Waals surface area contributed by atoms with Crippen molar-refractivity contribution in [2.75, 3.05) is 0 Å². The number of aryl methyl sites for hydroxylation is 3. The molecule has 0 fully saturated rings. The lowest BCUT2D eigenvalue weighted by Crippen LogP contribution is -2.25. The van der Waals surface area contributed by atoms with Crippen LogP contribution in [-0.2, 0) is 24.4 Å². The minimum absolute atomic E-state index is 0.0180. The van der Waals surface area contributed by atoms with Gasteiger partial charge in [-0.25, -0.2) is 4.98 Å². The third-order valence-corrected chi connectivity index (χ3v) is 7.48. The van der Waals surface area contributed by atoms with Crippen LogP contribution < -0.4 is 4.74 Å². The summed E-state index contributed by atoms with van der Waals surface area (Å²) in [5.41, 5.74) is 5.78. The molecule has 0 saturated carbocycles. The van der Waals surface area contributed by atoms with Crippen LogP contribution in [-0.4, -0.2) is 15.3 Å². The van der Waals surface area contributed by atoms with Crippen LogP contribution in [0.5, 0.6) is 5.75 Å². The molecule has 3 aromatic carbocycles. The van der Waals surface area contributed by atoms with E-state index in [1.165, 1.54) is 11.1 Å². The Kier molecular flexibility index (Phi) is 6.92. The number of carbonyl (C=O) groups excluding carboxylic acids is 1. The quantitative estimate of drug-likeness (QED) is 0.262. The van der Waals surface area contributed by atoms with Crippen LogP contribution in [0.25, 0.3) is 11.0 Å². The number of carbonyl (C=O) groups is 1. The summed E-state index contributed by atoms with van der Waals surface area (Å²) in [6.07, 6.45) is 3.88. The first kappa shape index (κ1) is 23.6. The molecule has 180 valence electrons. The van der Waals surface area contributed by atoms with Crippen LogP contribution in [0.2, 0.25) is 5.02 Å². The lowest BCUT2D eigenvalue weighted by molar-refractivity contribution is -0.124. The van der Waals surface area contributed by atoms with Gasteiger partial charge in [0.25, 0.3) is 0 Å². The third-order valence-electron chi connectivity index (χ3n) is 7.23. The molecule has 2 atom stereocenters. The van der Waals surface area contributed by atoms with E-state index >= 15 is 0 Å². The molecule has 1 aliphatic rings. The third kappa shape index (κ3) is 4.99. The fourth-order valence-corrected chi connectivity index (χ4v) is 5.36. The first-order valence-electron chi connectivity index (χ1n) is 12.5. The molecule has 0 radical (unpaired) electrons. The van der Waals surface area contributed by atoms with E-state index < -0.39 is 0 Å². The van der Waals surface area contributed by atoms with Gasteiger partial charge in [0.15, 0.2) is 0 Å². The number of Topliss-reactive ketones (excluding diaryl/α,β-unsaturated/α-hetero) is 1. The molecular weight excluding hydrogens is 456 g/mol. The number of aromatic nitrogens is 2. The predicted octanol–water partition coefficient (Wildman–Crippen LogP) is 7.29. The summed E-state index contributed by atoms with van der Waals surface area (Å²) in [6.45, 7) is 5.23. The van der Waals surface area contributed by atoms with Gasteiger partial charge in [0.2, 0.25) is 0 Å². The summed E-state index contributed by atoms with van der Waals surface area (Å²) in [7, 11) is 0. The molecule has 4 nitrogen and oxygen atoms in total. The highest BCUT2D eigenvalue weighted by Crippen LogP contribution is 2.34. The van der Waals surface area contributed by atoms with Gasteiger partial charge in [-0.15, -0.1) is 0 Å². The molecule has 0 N–H and O–H groups in total. The predicted molar refractivity (Wildman–Crippen MR) is 141 cm³/mol. The van der Waals surface area contributed by atoms with Crippen LogP contribution in [0.1, 0.15) is 54.6 Å². The van der Waals surface area contributed by atoms with E-state index in [0.717, 1.165) is 60.4 Å². The molecule has 0 aliphatic heterocycles. The molecule has 1 heterocycles. The first-order valence-corrected chi connectivity index (χ1v) is 12.8. The minimum Gasteiger partial charge on any atom is -0.486 e. The van der Waals surface area contributed by atoms with Crippen LogP contribution in [0.4, 0.5) is 0 Å². The zero-order valence-electron chi connectivity index (χ0n) is 20.3. The molecule has 1 aromatic heterocycles. The average Bonchev–Trinajstić information content (AvgIpc) is 3.25. The van der Waals surface area contributed by atoms with Gasteiger partial charge in [-0.05, 0) is 79.6 Å². The molecule has 0 saturated heterocycles. The van der Waals surface area contributed by atoms with Crippen molar-refractivity contribution in [1.29, 1.82) is 0 Å². The van der Waals surface area contributed by atoms with E-state index in [4.69, 9.17) is 21.3 Å². The molecule has 1 aliphatic carbocycles. The Balaban J connectivity index is 1.34. The summed E-state index contributed by atoms with van der Waals surface area (Å²) in [5, 5.41) is 0.680. The van der Waals surface area contributed by atoms with E-state index in [-0.39, 0.29) is 11.8 Å². The summed E-state index contributed by atoms with van der Waals surface area (Å²) < 4.78 is 8.26. The van der Waals surface area contributed by atoms with Gasteiger partial charge in [0.1, 0.15) is 24.0 Å². The lowest BCUT2D eigenvalue weighted by Gasteiger charge is -2.27. The SMILES string of the molecule is Cc1cccc2c1nc(COc1ccc(Cl)cc1)n2CCC(C)C(=O)C1CCCc2ccccc21. The highest BCUT2D eigenvalue weighted by Gasteiger charge is 2.29. The Hall–Kier alpha value is -3.11. The van der Waals surface area contributed by atoms with Crippen molar-refractivity contribution in [1.82, 2.24) is 9.55 Å². The molecule has 5 rings (SSSR count).